The molecule has 0 spiro atoms. The van der Waals surface area contributed by atoms with Gasteiger partial charge in [0.1, 0.15) is 0 Å². The third kappa shape index (κ3) is 3.55. The first-order valence-electron chi connectivity index (χ1n) is 5.02. The number of nitrogens with zero attached hydrogens (tertiary/aromatic N) is 1. The summed E-state index contributed by atoms with van der Waals surface area (Å²) in [6, 6.07) is 0. The summed E-state index contributed by atoms with van der Waals surface area (Å²) in [4.78, 5) is 2.39. The van der Waals surface area contributed by atoms with Crippen molar-refractivity contribution in [3.8, 4) is 0 Å². The van der Waals surface area contributed by atoms with Crippen molar-refractivity contribution in [1.29, 1.82) is 0 Å². The van der Waals surface area contributed by atoms with Crippen LogP contribution in [0.4, 0.5) is 0 Å². The first-order valence-corrected chi connectivity index (χ1v) is 5.02. The molecule has 2 nitrogen and oxygen atoms in total. The molecule has 0 aromatic heterocycles. The minimum atomic E-state index is 0.387. The molecule has 0 amide bonds. The van der Waals surface area contributed by atoms with E-state index in [1.807, 2.05) is 0 Å². The average Bonchev–Trinajstić information content (AvgIpc) is 2.15. The summed E-state index contributed by atoms with van der Waals surface area (Å²) in [7, 11) is 2.19. The van der Waals surface area contributed by atoms with Crippen molar-refractivity contribution in [2.24, 2.45) is 0 Å². The van der Waals surface area contributed by atoms with Crippen LogP contribution in [0.5, 0.6) is 0 Å². The summed E-state index contributed by atoms with van der Waals surface area (Å²) >= 11 is 0. The van der Waals surface area contributed by atoms with E-state index in [1.54, 1.807) is 0 Å². The van der Waals surface area contributed by atoms with E-state index in [2.05, 4.69) is 25.8 Å². The van der Waals surface area contributed by atoms with E-state index in [1.165, 1.54) is 32.4 Å². The van der Waals surface area contributed by atoms with Crippen LogP contribution in [0.1, 0.15) is 33.1 Å². The van der Waals surface area contributed by atoms with Crippen LogP contribution >= 0.6 is 0 Å². The zero-order valence-corrected chi connectivity index (χ0v) is 8.55. The second-order valence-corrected chi connectivity index (χ2v) is 4.04. The summed E-state index contributed by atoms with van der Waals surface area (Å²) in [6.07, 6.45) is 4.62. The molecule has 0 aliphatic carbocycles. The van der Waals surface area contributed by atoms with Crippen LogP contribution in [0.25, 0.3) is 0 Å². The normalized spacial score (nSPS) is 27.5. The van der Waals surface area contributed by atoms with E-state index in [0.29, 0.717) is 12.2 Å². The maximum atomic E-state index is 5.79. The van der Waals surface area contributed by atoms with Crippen LogP contribution in [-0.4, -0.2) is 37.2 Å². The molecule has 1 aliphatic heterocycles. The Morgan fingerprint density at radius 1 is 1.25 bits per heavy atom. The molecule has 1 rings (SSSR count). The van der Waals surface area contributed by atoms with E-state index >= 15 is 0 Å². The molecule has 0 radical (unpaired) electrons. The summed E-state index contributed by atoms with van der Waals surface area (Å²) in [6.45, 7) is 6.67. The quantitative estimate of drug-likeness (QED) is 0.629. The third-order valence-electron chi connectivity index (χ3n) is 2.36. The maximum absolute atomic E-state index is 5.79. The van der Waals surface area contributed by atoms with Gasteiger partial charge in [-0.2, -0.15) is 0 Å². The Bertz CT molecular complexity index is 125. The van der Waals surface area contributed by atoms with Crippen LogP contribution in [0, 0.1) is 0 Å². The lowest BCUT2D eigenvalue weighted by Crippen LogP contribution is -2.21. The Morgan fingerprint density at radius 2 is 2.00 bits per heavy atom. The molecular formula is C10H21NO. The number of ether oxygens (including phenoxy) is 1. The highest BCUT2D eigenvalue weighted by Crippen LogP contribution is 2.14. The molecule has 1 fully saturated rings. The van der Waals surface area contributed by atoms with Gasteiger partial charge in [0.05, 0.1) is 12.2 Å². The standard InChI is InChI=1S/C10H21NO/c1-9(2)12-10-5-4-7-11(3)8-6-10/h9-10H,4-8H2,1-3H3. The third-order valence-corrected chi connectivity index (χ3v) is 2.36. The van der Waals surface area contributed by atoms with E-state index in [4.69, 9.17) is 4.74 Å². The van der Waals surface area contributed by atoms with Crippen molar-refractivity contribution in [2.75, 3.05) is 20.1 Å². The van der Waals surface area contributed by atoms with E-state index < -0.39 is 0 Å². The smallest absolute Gasteiger partial charge is 0.0591 e. The first-order chi connectivity index (χ1) is 5.68. The van der Waals surface area contributed by atoms with E-state index in [-0.39, 0.29) is 0 Å². The Balaban J connectivity index is 2.26. The Labute approximate surface area is 75.9 Å². The van der Waals surface area contributed by atoms with Crippen molar-refractivity contribution < 1.29 is 4.74 Å². The van der Waals surface area contributed by atoms with Gasteiger partial charge in [-0.3, -0.25) is 0 Å². The molecule has 0 N–H and O–H groups in total. The van der Waals surface area contributed by atoms with Crippen LogP contribution in [0.15, 0.2) is 0 Å². The highest BCUT2D eigenvalue weighted by atomic mass is 16.5. The van der Waals surface area contributed by atoms with Crippen LogP contribution in [-0.2, 0) is 4.74 Å². The van der Waals surface area contributed by atoms with Gasteiger partial charge in [0.15, 0.2) is 0 Å². The Morgan fingerprint density at radius 3 is 2.67 bits per heavy atom. The monoisotopic (exact) mass is 171 g/mol. The molecule has 1 heterocycles. The summed E-state index contributed by atoms with van der Waals surface area (Å²) in [5.74, 6) is 0. The lowest BCUT2D eigenvalue weighted by molar-refractivity contribution is 0.000691. The Hall–Kier alpha value is -0.0800. The lowest BCUT2D eigenvalue weighted by Gasteiger charge is -2.18. The molecular weight excluding hydrogens is 150 g/mol. The van der Waals surface area contributed by atoms with Gasteiger partial charge in [-0.1, -0.05) is 0 Å². The molecule has 0 bridgehead atoms. The number of hydrogen-bond donors (Lipinski definition) is 0. The SMILES string of the molecule is CC(C)OC1CCCN(C)CC1. The number of rotatable bonds is 2. The molecule has 72 valence electrons. The van der Waals surface area contributed by atoms with Crippen molar-refractivity contribution in [3.63, 3.8) is 0 Å². The molecule has 12 heavy (non-hydrogen) atoms. The fourth-order valence-corrected chi connectivity index (χ4v) is 1.73. The molecule has 2 heteroatoms. The van der Waals surface area contributed by atoms with Crippen molar-refractivity contribution >= 4 is 0 Å². The van der Waals surface area contributed by atoms with Gasteiger partial charge in [-0.15, -0.1) is 0 Å². The number of likely N-dealkylation sites (tertiary alicyclic amines) is 1. The van der Waals surface area contributed by atoms with Gasteiger partial charge >= 0.3 is 0 Å². The van der Waals surface area contributed by atoms with Gasteiger partial charge in [0.25, 0.3) is 0 Å². The topological polar surface area (TPSA) is 12.5 Å². The van der Waals surface area contributed by atoms with E-state index in [9.17, 15) is 0 Å². The predicted molar refractivity (Wildman–Crippen MR) is 51.4 cm³/mol. The van der Waals surface area contributed by atoms with Gasteiger partial charge in [0.2, 0.25) is 0 Å². The lowest BCUT2D eigenvalue weighted by atomic mass is 10.1. The highest BCUT2D eigenvalue weighted by Gasteiger charge is 2.15. The summed E-state index contributed by atoms with van der Waals surface area (Å²) < 4.78 is 5.79. The molecule has 0 aromatic rings. The second-order valence-electron chi connectivity index (χ2n) is 4.04. The van der Waals surface area contributed by atoms with Gasteiger partial charge in [-0.05, 0) is 46.7 Å². The van der Waals surface area contributed by atoms with E-state index in [0.717, 1.165) is 0 Å². The average molecular weight is 171 g/mol. The van der Waals surface area contributed by atoms with Gasteiger partial charge < -0.3 is 9.64 Å². The zero-order chi connectivity index (χ0) is 8.97. The Kier molecular flexibility index (Phi) is 4.02. The fourth-order valence-electron chi connectivity index (χ4n) is 1.73. The minimum Gasteiger partial charge on any atom is -0.376 e. The molecule has 1 atom stereocenters. The van der Waals surface area contributed by atoms with Crippen LogP contribution < -0.4 is 0 Å². The molecule has 1 saturated heterocycles. The number of hydrogen-bond acceptors (Lipinski definition) is 2. The first kappa shape index (κ1) is 10.0. The molecule has 0 aromatic carbocycles. The molecule has 1 aliphatic rings. The second kappa shape index (κ2) is 4.83. The highest BCUT2D eigenvalue weighted by molar-refractivity contribution is 4.68. The van der Waals surface area contributed by atoms with Crippen LogP contribution in [0.3, 0.4) is 0 Å². The molecule has 0 saturated carbocycles. The van der Waals surface area contributed by atoms with Crippen molar-refractivity contribution in [2.45, 2.75) is 45.3 Å². The maximum Gasteiger partial charge on any atom is 0.0591 e. The predicted octanol–water partition coefficient (Wildman–Crippen LogP) is 1.90. The molecule has 1 unspecified atom stereocenters. The largest absolute Gasteiger partial charge is 0.376 e. The zero-order valence-electron chi connectivity index (χ0n) is 8.55. The summed E-state index contributed by atoms with van der Waals surface area (Å²) in [5, 5.41) is 0. The van der Waals surface area contributed by atoms with Gasteiger partial charge in [-0.25, -0.2) is 0 Å². The van der Waals surface area contributed by atoms with Crippen molar-refractivity contribution in [1.82, 2.24) is 4.90 Å². The van der Waals surface area contributed by atoms with Crippen molar-refractivity contribution in [3.05, 3.63) is 0 Å². The summed E-state index contributed by atoms with van der Waals surface area (Å²) in [5.41, 5.74) is 0. The van der Waals surface area contributed by atoms with Crippen LogP contribution in [0.2, 0.25) is 0 Å². The van der Waals surface area contributed by atoms with Gasteiger partial charge in [0, 0.05) is 6.54 Å². The minimum absolute atomic E-state index is 0.387. The fraction of sp³-hybridized carbons (Fsp3) is 1.00.